The average Bonchev–Trinajstić information content (AvgIpc) is 2.87. The number of ether oxygens (including phenoxy) is 6. The Morgan fingerprint density at radius 3 is 1.64 bits per heavy atom. The molecule has 9 N–H and O–H groups in total. The summed E-state index contributed by atoms with van der Waals surface area (Å²) in [5.74, 6) is 0. The van der Waals surface area contributed by atoms with Gasteiger partial charge in [-0.25, -0.2) is 0 Å². The van der Waals surface area contributed by atoms with Crippen molar-refractivity contribution in [3.05, 3.63) is 0 Å². The molecule has 0 radical (unpaired) electrons. The van der Waals surface area contributed by atoms with Gasteiger partial charge in [-0.2, -0.15) is 0 Å². The fourth-order valence-electron chi connectivity index (χ4n) is 4.64. The number of aliphatic hydroxyl groups is 9. The summed E-state index contributed by atoms with van der Waals surface area (Å²) in [6.45, 7) is 6.94. The molecular weight excluding hydrogens is 544 g/mol. The largest absolute Gasteiger partial charge is 0.394 e. The van der Waals surface area contributed by atoms with E-state index < -0.39 is 113 Å². The molecule has 0 aromatic heterocycles. The molecule has 0 aromatic rings. The normalized spacial score (nSPS) is 47.8. The molecule has 0 unspecified atom stereocenters. The Labute approximate surface area is 227 Å². The van der Waals surface area contributed by atoms with Gasteiger partial charge in [-0.1, -0.05) is 19.6 Å². The van der Waals surface area contributed by atoms with Crippen LogP contribution in [0.5, 0.6) is 0 Å². The van der Waals surface area contributed by atoms with Crippen LogP contribution < -0.4 is 0 Å². The van der Waals surface area contributed by atoms with Crippen LogP contribution in [0.15, 0.2) is 0 Å². The Bertz CT molecular complexity index is 754. The summed E-state index contributed by atoms with van der Waals surface area (Å²) in [5, 5.41) is 92.2. The highest BCUT2D eigenvalue weighted by Gasteiger charge is 2.53. The second-order valence-corrected chi connectivity index (χ2v) is 17.1. The smallest absolute Gasteiger partial charge is 0.187 e. The van der Waals surface area contributed by atoms with Gasteiger partial charge in [0, 0.05) is 14.7 Å². The summed E-state index contributed by atoms with van der Waals surface area (Å²) in [7, 11) is -1.41. The van der Waals surface area contributed by atoms with Crippen molar-refractivity contribution in [2.24, 2.45) is 0 Å². The lowest BCUT2D eigenvalue weighted by molar-refractivity contribution is -0.377. The Balaban J connectivity index is 1.64. The van der Waals surface area contributed by atoms with E-state index in [2.05, 4.69) is 19.6 Å². The number of hydrogen-bond acceptors (Lipinski definition) is 15. The molecule has 0 aliphatic carbocycles. The molecule has 15 nitrogen and oxygen atoms in total. The van der Waals surface area contributed by atoms with E-state index in [9.17, 15) is 46.0 Å². The van der Waals surface area contributed by atoms with Gasteiger partial charge >= 0.3 is 0 Å². The molecule has 0 spiro atoms. The highest BCUT2D eigenvalue weighted by molar-refractivity contribution is 6.76. The molecule has 3 saturated heterocycles. The lowest BCUT2D eigenvalue weighted by Gasteiger charge is -2.48. The van der Waals surface area contributed by atoms with Crippen molar-refractivity contribution in [2.45, 2.75) is 125 Å². The lowest BCUT2D eigenvalue weighted by atomic mass is 9.96. The van der Waals surface area contributed by atoms with E-state index in [1.165, 1.54) is 0 Å². The van der Waals surface area contributed by atoms with Crippen LogP contribution in [0.4, 0.5) is 0 Å². The van der Waals surface area contributed by atoms with E-state index in [0.717, 1.165) is 6.04 Å². The molecule has 16 heteroatoms. The van der Waals surface area contributed by atoms with Gasteiger partial charge in [0.1, 0.15) is 67.1 Å². The average molecular weight is 589 g/mol. The summed E-state index contributed by atoms with van der Waals surface area (Å²) in [6, 6.07) is 0.818. The van der Waals surface area contributed by atoms with E-state index >= 15 is 0 Å². The molecule has 3 fully saturated rings. The molecule has 3 heterocycles. The van der Waals surface area contributed by atoms with E-state index in [4.69, 9.17) is 28.4 Å². The number of rotatable bonds is 10. The third-order valence-electron chi connectivity index (χ3n) is 7.16. The van der Waals surface area contributed by atoms with Crippen molar-refractivity contribution in [3.8, 4) is 0 Å². The SMILES string of the molecule is C[C@H]1O[C@@H](OCC[Si](C)(C)C)[C@H](O)[C@@H](O)[C@@H]1O[C@@H]1O[C@H](CO)[C@H](O[C@H]2O[C@H](CO)[C@H](O)[C@H](O)[C@H]2O)[C@H](O)[C@H]1O. The van der Waals surface area contributed by atoms with Crippen molar-refractivity contribution in [1.29, 1.82) is 0 Å². The van der Waals surface area contributed by atoms with E-state index in [1.54, 1.807) is 6.92 Å². The second kappa shape index (κ2) is 13.7. The quantitative estimate of drug-likeness (QED) is 0.110. The molecule has 3 rings (SSSR count). The Morgan fingerprint density at radius 2 is 1.08 bits per heavy atom. The molecule has 39 heavy (non-hydrogen) atoms. The van der Waals surface area contributed by atoms with Crippen LogP contribution in [-0.4, -0.2) is 166 Å². The van der Waals surface area contributed by atoms with Crippen molar-refractivity contribution in [2.75, 3.05) is 19.8 Å². The maximum Gasteiger partial charge on any atom is 0.187 e. The van der Waals surface area contributed by atoms with Crippen molar-refractivity contribution in [1.82, 2.24) is 0 Å². The molecule has 0 saturated carbocycles. The topological polar surface area (TPSA) is 237 Å². The van der Waals surface area contributed by atoms with Crippen LogP contribution >= 0.6 is 0 Å². The molecule has 3 aliphatic rings. The standard InChI is InChI=1S/C23H44O15Si/c1-9-19(14(28)17(31)21(34-9)33-5-6-39(2,3)4)37-23-18(32)15(29)20(11(8-25)36-23)38-22-16(30)13(27)12(26)10(7-24)35-22/h9-32H,5-8H2,1-4H3/t9-,10-,11-,12+,13+,14-,15-,16-,17-,18-,19-,20+,21-,22-,23+/m1/s1. The van der Waals surface area contributed by atoms with Gasteiger partial charge < -0.3 is 74.4 Å². The fraction of sp³-hybridized carbons (Fsp3) is 1.00. The van der Waals surface area contributed by atoms with E-state index in [0.29, 0.717) is 6.61 Å². The zero-order chi connectivity index (χ0) is 29.2. The second-order valence-electron chi connectivity index (χ2n) is 11.5. The highest BCUT2D eigenvalue weighted by atomic mass is 28.3. The zero-order valence-electron chi connectivity index (χ0n) is 22.5. The first kappa shape index (κ1) is 33.1. The predicted molar refractivity (Wildman–Crippen MR) is 132 cm³/mol. The highest BCUT2D eigenvalue weighted by Crippen LogP contribution is 2.32. The lowest BCUT2D eigenvalue weighted by Crippen LogP contribution is -2.66. The van der Waals surface area contributed by atoms with Gasteiger partial charge in [-0.15, -0.1) is 0 Å². The fourth-order valence-corrected chi connectivity index (χ4v) is 5.37. The van der Waals surface area contributed by atoms with Crippen LogP contribution in [0.2, 0.25) is 25.7 Å². The Hall–Kier alpha value is -0.383. The minimum Gasteiger partial charge on any atom is -0.394 e. The third-order valence-corrected chi connectivity index (χ3v) is 8.87. The molecule has 230 valence electrons. The van der Waals surface area contributed by atoms with E-state index in [1.807, 2.05) is 0 Å². The monoisotopic (exact) mass is 588 g/mol. The first-order valence-electron chi connectivity index (χ1n) is 13.1. The van der Waals surface area contributed by atoms with Gasteiger partial charge in [0.25, 0.3) is 0 Å². The van der Waals surface area contributed by atoms with Crippen LogP contribution in [0.1, 0.15) is 6.92 Å². The van der Waals surface area contributed by atoms with Gasteiger partial charge in [0.15, 0.2) is 18.9 Å². The summed E-state index contributed by atoms with van der Waals surface area (Å²) < 4.78 is 33.4. The Morgan fingerprint density at radius 1 is 0.590 bits per heavy atom. The molecule has 0 amide bonds. The van der Waals surface area contributed by atoms with Crippen LogP contribution in [0.3, 0.4) is 0 Å². The minimum absolute atomic E-state index is 0.340. The van der Waals surface area contributed by atoms with Crippen molar-refractivity contribution in [3.63, 3.8) is 0 Å². The van der Waals surface area contributed by atoms with Crippen molar-refractivity contribution < 1.29 is 74.4 Å². The van der Waals surface area contributed by atoms with Crippen LogP contribution in [0.25, 0.3) is 0 Å². The van der Waals surface area contributed by atoms with Crippen LogP contribution in [0, 0.1) is 0 Å². The van der Waals surface area contributed by atoms with Crippen molar-refractivity contribution >= 4 is 8.07 Å². The molecule has 0 bridgehead atoms. The Kier molecular flexibility index (Phi) is 11.7. The van der Waals surface area contributed by atoms with Gasteiger partial charge in [-0.05, 0) is 13.0 Å². The summed E-state index contributed by atoms with van der Waals surface area (Å²) in [6.07, 6.45) is -22.3. The van der Waals surface area contributed by atoms with Gasteiger partial charge in [0.05, 0.1) is 19.3 Å². The summed E-state index contributed by atoms with van der Waals surface area (Å²) in [4.78, 5) is 0. The zero-order valence-corrected chi connectivity index (χ0v) is 23.5. The summed E-state index contributed by atoms with van der Waals surface area (Å²) in [5.41, 5.74) is 0. The molecule has 0 aromatic carbocycles. The maximum absolute atomic E-state index is 10.8. The molecule has 3 aliphatic heterocycles. The number of hydrogen-bond donors (Lipinski definition) is 9. The van der Waals surface area contributed by atoms with E-state index in [-0.39, 0.29) is 0 Å². The third kappa shape index (κ3) is 7.72. The maximum atomic E-state index is 10.8. The van der Waals surface area contributed by atoms with Gasteiger partial charge in [-0.3, -0.25) is 0 Å². The molecule has 15 atom stereocenters. The van der Waals surface area contributed by atoms with Gasteiger partial charge in [0.2, 0.25) is 0 Å². The predicted octanol–water partition coefficient (Wildman–Crippen LogP) is -4.18. The first-order chi connectivity index (χ1) is 18.2. The summed E-state index contributed by atoms with van der Waals surface area (Å²) >= 11 is 0. The number of aliphatic hydroxyl groups excluding tert-OH is 9. The minimum atomic E-state index is -1.80. The van der Waals surface area contributed by atoms with Crippen LogP contribution in [-0.2, 0) is 28.4 Å². The molecular formula is C23H44O15Si. The first-order valence-corrected chi connectivity index (χ1v) is 16.8.